The third-order valence-corrected chi connectivity index (χ3v) is 2.40. The Morgan fingerprint density at radius 2 is 2.16 bits per heavy atom. The minimum absolute atomic E-state index is 0.220. The van der Waals surface area contributed by atoms with E-state index in [0.717, 1.165) is 12.1 Å². The lowest BCUT2D eigenvalue weighted by atomic mass is 10.2. The molecule has 0 radical (unpaired) electrons. The molecule has 0 fully saturated rings. The fraction of sp³-hybridized carbons (Fsp3) is 0.312. The smallest absolute Gasteiger partial charge is 0.0597 e. The minimum atomic E-state index is 0.220. The van der Waals surface area contributed by atoms with E-state index >= 15 is 0 Å². The lowest BCUT2D eigenvalue weighted by molar-refractivity contribution is 0.854. The second-order valence-corrected chi connectivity index (χ2v) is 3.64. The van der Waals surface area contributed by atoms with Crippen molar-refractivity contribution in [1.82, 2.24) is 4.98 Å². The molecule has 0 bridgehead atoms. The zero-order chi connectivity index (χ0) is 14.5. The molecule has 2 N–H and O–H groups in total. The molecule has 1 heterocycles. The van der Waals surface area contributed by atoms with Gasteiger partial charge in [-0.25, -0.2) is 0 Å². The van der Waals surface area contributed by atoms with E-state index in [1.807, 2.05) is 50.5 Å². The predicted molar refractivity (Wildman–Crippen MR) is 84.8 cm³/mol. The Morgan fingerprint density at radius 3 is 2.68 bits per heavy atom. The van der Waals surface area contributed by atoms with E-state index in [0.29, 0.717) is 0 Å². The number of nitrogens with two attached hydrogens (primary N) is 1. The zero-order valence-corrected chi connectivity index (χ0v) is 12.2. The monoisotopic (exact) mass is 259 g/mol. The molecule has 3 heteroatoms. The van der Waals surface area contributed by atoms with Crippen LogP contribution in [0.5, 0.6) is 0 Å². The molecule has 1 aromatic rings. The molecule has 3 nitrogen and oxygen atoms in total. The number of allylic oxidation sites excluding steroid dienone is 2. The van der Waals surface area contributed by atoms with Gasteiger partial charge in [-0.1, -0.05) is 32.1 Å². The lowest BCUT2D eigenvalue weighted by Gasteiger charge is -2.25. The first kappa shape index (κ1) is 17.0. The van der Waals surface area contributed by atoms with Crippen LogP contribution >= 0.6 is 0 Å². The van der Waals surface area contributed by atoms with Crippen LogP contribution in [0.25, 0.3) is 0 Å². The quantitative estimate of drug-likeness (QED) is 0.789. The van der Waals surface area contributed by atoms with Crippen LogP contribution in [-0.4, -0.2) is 11.0 Å². The first-order valence-electron chi connectivity index (χ1n) is 6.64. The Labute approximate surface area is 117 Å². The van der Waals surface area contributed by atoms with Crippen LogP contribution < -0.4 is 10.6 Å². The average molecular weight is 259 g/mol. The summed E-state index contributed by atoms with van der Waals surface area (Å²) in [5.74, 6) is 0. The third kappa shape index (κ3) is 6.46. The van der Waals surface area contributed by atoms with Crippen LogP contribution in [0.15, 0.2) is 61.7 Å². The number of rotatable bonds is 6. The summed E-state index contributed by atoms with van der Waals surface area (Å²) in [6.07, 6.45) is 13.9. The van der Waals surface area contributed by atoms with Gasteiger partial charge in [0.25, 0.3) is 0 Å². The maximum absolute atomic E-state index is 5.29. The highest BCUT2D eigenvalue weighted by Crippen LogP contribution is 2.16. The van der Waals surface area contributed by atoms with Gasteiger partial charge < -0.3 is 10.6 Å². The van der Waals surface area contributed by atoms with E-state index in [9.17, 15) is 0 Å². The van der Waals surface area contributed by atoms with Gasteiger partial charge in [0.1, 0.15) is 0 Å². The summed E-state index contributed by atoms with van der Waals surface area (Å²) in [7, 11) is 0. The van der Waals surface area contributed by atoms with Crippen LogP contribution in [0.4, 0.5) is 5.69 Å². The van der Waals surface area contributed by atoms with Crippen molar-refractivity contribution >= 4 is 5.69 Å². The van der Waals surface area contributed by atoms with E-state index in [1.54, 1.807) is 12.4 Å². The van der Waals surface area contributed by atoms with Gasteiger partial charge in [-0.15, -0.1) is 6.58 Å². The summed E-state index contributed by atoms with van der Waals surface area (Å²) < 4.78 is 0. The average Bonchev–Trinajstić information content (AvgIpc) is 2.49. The van der Waals surface area contributed by atoms with Crippen molar-refractivity contribution in [2.45, 2.75) is 33.2 Å². The molecular weight excluding hydrogens is 234 g/mol. The van der Waals surface area contributed by atoms with E-state index in [1.165, 1.54) is 0 Å². The van der Waals surface area contributed by atoms with Crippen molar-refractivity contribution < 1.29 is 0 Å². The highest BCUT2D eigenvalue weighted by Gasteiger charge is 2.07. The summed E-state index contributed by atoms with van der Waals surface area (Å²) in [6, 6.07) is 4.17. The van der Waals surface area contributed by atoms with Gasteiger partial charge in [0, 0.05) is 18.4 Å². The van der Waals surface area contributed by atoms with E-state index < -0.39 is 0 Å². The molecule has 1 rings (SSSR count). The van der Waals surface area contributed by atoms with Gasteiger partial charge in [-0.05, 0) is 31.7 Å². The molecule has 104 valence electrons. The molecule has 0 aliphatic carbocycles. The molecular formula is C16H25N3. The fourth-order valence-electron chi connectivity index (χ4n) is 1.41. The largest absolute Gasteiger partial charge is 0.405 e. The van der Waals surface area contributed by atoms with Crippen molar-refractivity contribution in [1.29, 1.82) is 0 Å². The van der Waals surface area contributed by atoms with Crippen molar-refractivity contribution in [2.75, 3.05) is 4.90 Å². The highest BCUT2D eigenvalue weighted by atomic mass is 15.1. The summed E-state index contributed by atoms with van der Waals surface area (Å²) in [4.78, 5) is 6.24. The summed E-state index contributed by atoms with van der Waals surface area (Å²) in [5.41, 5.74) is 6.34. The van der Waals surface area contributed by atoms with Gasteiger partial charge in [-0.2, -0.15) is 0 Å². The zero-order valence-electron chi connectivity index (χ0n) is 12.2. The standard InChI is InChI=1S/C14H19N3.C2H6/c1-3-13(2)17(11-6-4-5-9-15)14-8-7-10-16-12-14;1-2/h3,5-13H,1,4,15H2,2H3;1-2H3/b9-5+,11-6-;. The number of hydrogen-bond donors (Lipinski definition) is 1. The summed E-state index contributed by atoms with van der Waals surface area (Å²) in [6.45, 7) is 9.91. The molecule has 0 aliphatic rings. The Kier molecular flexibility index (Phi) is 9.90. The first-order chi connectivity index (χ1) is 9.29. The van der Waals surface area contributed by atoms with Gasteiger partial charge in [-0.3, -0.25) is 4.98 Å². The third-order valence-electron chi connectivity index (χ3n) is 2.40. The topological polar surface area (TPSA) is 42.1 Å². The Hall–Kier alpha value is -2.03. The molecule has 0 aromatic carbocycles. The first-order valence-corrected chi connectivity index (χ1v) is 6.64. The Balaban J connectivity index is 0.00000154. The van der Waals surface area contributed by atoms with E-state index in [-0.39, 0.29) is 6.04 Å². The van der Waals surface area contributed by atoms with Crippen LogP contribution in [0, 0.1) is 0 Å². The second-order valence-electron chi connectivity index (χ2n) is 3.64. The van der Waals surface area contributed by atoms with Crippen molar-refractivity contribution in [3.63, 3.8) is 0 Å². The van der Waals surface area contributed by atoms with Gasteiger partial charge in [0.15, 0.2) is 0 Å². The normalized spacial score (nSPS) is 11.9. The van der Waals surface area contributed by atoms with Crippen LogP contribution in [-0.2, 0) is 0 Å². The predicted octanol–water partition coefficient (Wildman–Crippen LogP) is 3.86. The van der Waals surface area contributed by atoms with Gasteiger partial charge >= 0.3 is 0 Å². The maximum atomic E-state index is 5.29. The molecule has 0 saturated carbocycles. The lowest BCUT2D eigenvalue weighted by Crippen LogP contribution is -2.25. The summed E-state index contributed by atoms with van der Waals surface area (Å²) in [5, 5.41) is 0. The van der Waals surface area contributed by atoms with E-state index in [4.69, 9.17) is 5.73 Å². The number of pyridine rings is 1. The molecule has 1 atom stereocenters. The Bertz CT molecular complexity index is 382. The van der Waals surface area contributed by atoms with Crippen molar-refractivity contribution in [2.24, 2.45) is 5.73 Å². The van der Waals surface area contributed by atoms with E-state index in [2.05, 4.69) is 29.5 Å². The maximum Gasteiger partial charge on any atom is 0.0597 e. The molecule has 0 amide bonds. The number of aromatic nitrogens is 1. The molecule has 0 aliphatic heterocycles. The van der Waals surface area contributed by atoms with Gasteiger partial charge in [0.2, 0.25) is 0 Å². The van der Waals surface area contributed by atoms with Crippen LogP contribution in [0.2, 0.25) is 0 Å². The highest BCUT2D eigenvalue weighted by molar-refractivity contribution is 5.48. The fourth-order valence-corrected chi connectivity index (χ4v) is 1.41. The molecule has 19 heavy (non-hydrogen) atoms. The second kappa shape index (κ2) is 11.1. The van der Waals surface area contributed by atoms with Gasteiger partial charge in [0.05, 0.1) is 11.9 Å². The SMILES string of the molecule is C=CC(C)N(/C=C\C/C=C/N)c1cccnc1.CC. The molecule has 1 aromatic heterocycles. The van der Waals surface area contributed by atoms with Crippen LogP contribution in [0.1, 0.15) is 27.2 Å². The minimum Gasteiger partial charge on any atom is -0.405 e. The van der Waals surface area contributed by atoms with Crippen molar-refractivity contribution in [3.8, 4) is 0 Å². The number of anilines is 1. The molecule has 1 unspecified atom stereocenters. The van der Waals surface area contributed by atoms with Crippen LogP contribution in [0.3, 0.4) is 0 Å². The molecule has 0 saturated heterocycles. The number of hydrogen-bond acceptors (Lipinski definition) is 3. The number of nitrogens with zero attached hydrogens (tertiary/aromatic N) is 2. The summed E-state index contributed by atoms with van der Waals surface area (Å²) >= 11 is 0. The molecule has 0 spiro atoms. The Morgan fingerprint density at radius 1 is 1.42 bits per heavy atom. The van der Waals surface area contributed by atoms with Crippen molar-refractivity contribution in [3.05, 3.63) is 61.7 Å².